The average molecular weight is 420 g/mol. The molecule has 0 aliphatic heterocycles. The number of hydrogen-bond acceptors (Lipinski definition) is 2. The Kier molecular flexibility index (Phi) is 10.0. The first kappa shape index (κ1) is 21.2. The first-order valence-corrected chi connectivity index (χ1v) is 11.1. The summed E-state index contributed by atoms with van der Waals surface area (Å²) in [4.78, 5) is 8.32. The number of aromatic nitrogens is 2. The van der Waals surface area contributed by atoms with E-state index in [4.69, 9.17) is 4.98 Å². The van der Waals surface area contributed by atoms with Gasteiger partial charge in [0.25, 0.3) is 0 Å². The van der Waals surface area contributed by atoms with Crippen molar-refractivity contribution in [2.24, 2.45) is 0 Å². The van der Waals surface area contributed by atoms with Crippen LogP contribution in [0.1, 0.15) is 83.5 Å². The highest BCUT2D eigenvalue weighted by molar-refractivity contribution is 9.10. The van der Waals surface area contributed by atoms with E-state index < -0.39 is 0 Å². The van der Waals surface area contributed by atoms with Gasteiger partial charge in [-0.3, -0.25) is 0 Å². The van der Waals surface area contributed by atoms with Crippen molar-refractivity contribution in [1.29, 1.82) is 0 Å². The zero-order chi connectivity index (χ0) is 18.6. The van der Waals surface area contributed by atoms with Crippen LogP contribution in [0, 0.1) is 0 Å². The summed E-state index contributed by atoms with van der Waals surface area (Å²) < 4.78 is 1.09. The SMILES string of the molecule is CCCCCCNC(CCCCCC)c1nc(-c2cccc(Br)c2)c[nH]1. The van der Waals surface area contributed by atoms with Gasteiger partial charge in [0.2, 0.25) is 0 Å². The minimum Gasteiger partial charge on any atom is -0.347 e. The van der Waals surface area contributed by atoms with Gasteiger partial charge < -0.3 is 10.3 Å². The molecule has 2 rings (SSSR count). The second-order valence-corrected chi connectivity index (χ2v) is 8.01. The number of nitrogens with one attached hydrogen (secondary N) is 2. The van der Waals surface area contributed by atoms with Crippen LogP contribution in [0.15, 0.2) is 34.9 Å². The molecule has 0 fully saturated rings. The van der Waals surface area contributed by atoms with Gasteiger partial charge in [-0.15, -0.1) is 0 Å². The van der Waals surface area contributed by atoms with Gasteiger partial charge in [-0.05, 0) is 31.5 Å². The molecule has 0 aliphatic carbocycles. The highest BCUT2D eigenvalue weighted by atomic mass is 79.9. The lowest BCUT2D eigenvalue weighted by molar-refractivity contribution is 0.445. The molecule has 4 heteroatoms. The Morgan fingerprint density at radius 1 is 1.04 bits per heavy atom. The van der Waals surface area contributed by atoms with Gasteiger partial charge in [0, 0.05) is 16.2 Å². The van der Waals surface area contributed by atoms with Crippen molar-refractivity contribution in [1.82, 2.24) is 15.3 Å². The predicted octanol–water partition coefficient (Wildman–Crippen LogP) is 7.02. The van der Waals surface area contributed by atoms with Crippen LogP contribution in [0.3, 0.4) is 0 Å². The van der Waals surface area contributed by atoms with Crippen molar-refractivity contribution >= 4 is 15.9 Å². The van der Waals surface area contributed by atoms with Crippen molar-refractivity contribution in [2.75, 3.05) is 6.54 Å². The Labute approximate surface area is 167 Å². The van der Waals surface area contributed by atoms with E-state index in [1.807, 2.05) is 12.3 Å². The molecular weight excluding hydrogens is 386 g/mol. The first-order chi connectivity index (χ1) is 12.7. The standard InChI is InChI=1S/C22H34BrN3/c1-3-5-7-9-14-20(24-15-10-8-6-4-2)22-25-17-21(26-22)18-12-11-13-19(23)16-18/h11-13,16-17,20,24H,3-10,14-15H2,1-2H3,(H,25,26). The fourth-order valence-corrected chi connectivity index (χ4v) is 3.65. The molecule has 0 saturated carbocycles. The molecule has 1 heterocycles. The summed E-state index contributed by atoms with van der Waals surface area (Å²) in [5.74, 6) is 1.08. The zero-order valence-electron chi connectivity index (χ0n) is 16.4. The fourth-order valence-electron chi connectivity index (χ4n) is 3.25. The Balaban J connectivity index is 1.98. The second-order valence-electron chi connectivity index (χ2n) is 7.10. The third kappa shape index (κ3) is 7.24. The number of rotatable bonds is 13. The quantitative estimate of drug-likeness (QED) is 0.342. The van der Waals surface area contributed by atoms with Crippen LogP contribution >= 0.6 is 15.9 Å². The summed E-state index contributed by atoms with van der Waals surface area (Å²) in [7, 11) is 0. The highest BCUT2D eigenvalue weighted by Gasteiger charge is 2.15. The third-order valence-corrected chi connectivity index (χ3v) is 5.31. The van der Waals surface area contributed by atoms with Crippen molar-refractivity contribution in [3.05, 3.63) is 40.8 Å². The number of nitrogens with zero attached hydrogens (tertiary/aromatic N) is 1. The minimum atomic E-state index is 0.328. The molecule has 2 N–H and O–H groups in total. The summed E-state index contributed by atoms with van der Waals surface area (Å²) in [5.41, 5.74) is 2.17. The number of aromatic amines is 1. The number of unbranched alkanes of at least 4 members (excludes halogenated alkanes) is 6. The number of benzene rings is 1. The molecule has 0 amide bonds. The van der Waals surface area contributed by atoms with Crippen molar-refractivity contribution in [2.45, 2.75) is 77.7 Å². The number of hydrogen-bond donors (Lipinski definition) is 2. The molecule has 0 radical (unpaired) electrons. The molecule has 1 atom stereocenters. The van der Waals surface area contributed by atoms with E-state index >= 15 is 0 Å². The maximum atomic E-state index is 4.90. The summed E-state index contributed by atoms with van der Waals surface area (Å²) >= 11 is 3.55. The van der Waals surface area contributed by atoms with Crippen LogP contribution < -0.4 is 5.32 Å². The Bertz CT molecular complexity index is 623. The number of halogens is 1. The molecule has 1 aromatic heterocycles. The molecule has 0 bridgehead atoms. The zero-order valence-corrected chi connectivity index (χ0v) is 17.9. The largest absolute Gasteiger partial charge is 0.347 e. The molecule has 144 valence electrons. The van der Waals surface area contributed by atoms with Crippen LogP contribution in [0.5, 0.6) is 0 Å². The maximum Gasteiger partial charge on any atom is 0.124 e. The van der Waals surface area contributed by atoms with Crippen molar-refractivity contribution in [3.8, 4) is 11.3 Å². The van der Waals surface area contributed by atoms with Gasteiger partial charge in [0.15, 0.2) is 0 Å². The molecule has 26 heavy (non-hydrogen) atoms. The molecule has 1 unspecified atom stereocenters. The Morgan fingerprint density at radius 3 is 2.54 bits per heavy atom. The Hall–Kier alpha value is -1.13. The van der Waals surface area contributed by atoms with E-state index in [1.165, 1.54) is 51.4 Å². The van der Waals surface area contributed by atoms with Gasteiger partial charge >= 0.3 is 0 Å². The molecular formula is C22H34BrN3. The van der Waals surface area contributed by atoms with E-state index in [-0.39, 0.29) is 0 Å². The fraction of sp³-hybridized carbons (Fsp3) is 0.591. The lowest BCUT2D eigenvalue weighted by Gasteiger charge is -2.16. The predicted molar refractivity (Wildman–Crippen MR) is 115 cm³/mol. The first-order valence-electron chi connectivity index (χ1n) is 10.3. The van der Waals surface area contributed by atoms with Gasteiger partial charge in [-0.25, -0.2) is 4.98 Å². The van der Waals surface area contributed by atoms with Crippen LogP contribution in [-0.4, -0.2) is 16.5 Å². The average Bonchev–Trinajstić information content (AvgIpc) is 3.13. The summed E-state index contributed by atoms with van der Waals surface area (Å²) in [6, 6.07) is 8.66. The lowest BCUT2D eigenvalue weighted by atomic mass is 10.1. The van der Waals surface area contributed by atoms with Gasteiger partial charge in [-0.2, -0.15) is 0 Å². The molecule has 3 nitrogen and oxygen atoms in total. The molecule has 2 aromatic rings. The summed E-state index contributed by atoms with van der Waals surface area (Å²) in [6.07, 6.45) is 13.5. The molecule has 0 saturated heterocycles. The highest BCUT2D eigenvalue weighted by Crippen LogP contribution is 2.24. The normalized spacial score (nSPS) is 12.4. The number of H-pyrrole nitrogens is 1. The van der Waals surface area contributed by atoms with E-state index in [2.05, 4.69) is 58.3 Å². The molecule has 0 spiro atoms. The van der Waals surface area contributed by atoms with Gasteiger partial charge in [0.05, 0.1) is 11.7 Å². The smallest absolute Gasteiger partial charge is 0.124 e. The minimum absolute atomic E-state index is 0.328. The number of imidazole rings is 1. The van der Waals surface area contributed by atoms with Gasteiger partial charge in [-0.1, -0.05) is 86.9 Å². The third-order valence-electron chi connectivity index (χ3n) is 4.82. The molecule has 0 aliphatic rings. The van der Waals surface area contributed by atoms with E-state index in [9.17, 15) is 0 Å². The Morgan fingerprint density at radius 2 is 1.81 bits per heavy atom. The lowest BCUT2D eigenvalue weighted by Crippen LogP contribution is -2.23. The monoisotopic (exact) mass is 419 g/mol. The van der Waals surface area contributed by atoms with E-state index in [0.29, 0.717) is 6.04 Å². The van der Waals surface area contributed by atoms with Crippen molar-refractivity contribution in [3.63, 3.8) is 0 Å². The van der Waals surface area contributed by atoms with Crippen LogP contribution in [0.25, 0.3) is 11.3 Å². The topological polar surface area (TPSA) is 40.7 Å². The van der Waals surface area contributed by atoms with E-state index in [0.717, 1.165) is 34.5 Å². The van der Waals surface area contributed by atoms with Crippen molar-refractivity contribution < 1.29 is 0 Å². The van der Waals surface area contributed by atoms with Gasteiger partial charge in [0.1, 0.15) is 5.82 Å². The van der Waals surface area contributed by atoms with E-state index in [1.54, 1.807) is 0 Å². The summed E-state index contributed by atoms with van der Waals surface area (Å²) in [6.45, 7) is 5.60. The second kappa shape index (κ2) is 12.3. The summed E-state index contributed by atoms with van der Waals surface area (Å²) in [5, 5.41) is 3.75. The van der Waals surface area contributed by atoms with Crippen LogP contribution in [0.2, 0.25) is 0 Å². The maximum absolute atomic E-state index is 4.90. The van der Waals surface area contributed by atoms with Crippen LogP contribution in [0.4, 0.5) is 0 Å². The van der Waals surface area contributed by atoms with Crippen LogP contribution in [-0.2, 0) is 0 Å². The molecule has 1 aromatic carbocycles.